The lowest BCUT2D eigenvalue weighted by Crippen LogP contribution is -2.36. The number of urea groups is 1. The minimum Gasteiger partial charge on any atom is -0.497 e. The van der Waals surface area contributed by atoms with Crippen molar-refractivity contribution in [2.24, 2.45) is 0 Å². The number of nitrogens with one attached hydrogen (secondary N) is 3. The Kier molecular flexibility index (Phi) is 6.06. The highest BCUT2D eigenvalue weighted by molar-refractivity contribution is 7.13. The second-order valence-corrected chi connectivity index (χ2v) is 7.04. The van der Waals surface area contributed by atoms with Crippen molar-refractivity contribution < 1.29 is 14.3 Å². The number of carbonyl (C=O) groups is 2. The molecule has 1 aliphatic rings. The summed E-state index contributed by atoms with van der Waals surface area (Å²) in [5, 5.41) is 10.8. The molecule has 0 spiro atoms. The zero-order chi connectivity index (χ0) is 18.4. The van der Waals surface area contributed by atoms with E-state index in [9.17, 15) is 9.59 Å². The van der Waals surface area contributed by atoms with Crippen LogP contribution in [0.2, 0.25) is 0 Å². The normalized spacial score (nSPS) is 14.0. The maximum Gasteiger partial charge on any atom is 0.321 e. The Morgan fingerprint density at radius 1 is 1.19 bits per heavy atom. The molecule has 138 valence electrons. The second-order valence-electron chi connectivity index (χ2n) is 6.18. The average Bonchev–Trinajstić information content (AvgIpc) is 3.27. The SMILES string of the molecule is COc1ccc(NC(=O)Cc2csc(NC(=O)NC3CCCC3)n2)cc1. The number of carbonyl (C=O) groups excluding carboxylic acids is 2. The standard InChI is InChI=1S/C18H22N4O3S/c1-25-15-8-6-13(7-9-15)19-16(23)10-14-11-26-18(21-14)22-17(24)20-12-4-2-3-5-12/h6-9,11-12H,2-5,10H2,1H3,(H,19,23)(H2,20,21,22,24). The molecule has 1 heterocycles. The van der Waals surface area contributed by atoms with Crippen LogP contribution in [0.5, 0.6) is 5.75 Å². The molecule has 0 aliphatic heterocycles. The zero-order valence-corrected chi connectivity index (χ0v) is 15.4. The van der Waals surface area contributed by atoms with Crippen molar-refractivity contribution in [1.29, 1.82) is 0 Å². The summed E-state index contributed by atoms with van der Waals surface area (Å²) in [5.74, 6) is 0.566. The summed E-state index contributed by atoms with van der Waals surface area (Å²) >= 11 is 1.31. The molecular weight excluding hydrogens is 352 g/mol. The van der Waals surface area contributed by atoms with Crippen molar-refractivity contribution in [3.05, 3.63) is 35.3 Å². The van der Waals surface area contributed by atoms with Crippen LogP contribution in [0, 0.1) is 0 Å². The van der Waals surface area contributed by atoms with Crippen molar-refractivity contribution >= 4 is 34.1 Å². The molecule has 1 aliphatic carbocycles. The van der Waals surface area contributed by atoms with Gasteiger partial charge >= 0.3 is 6.03 Å². The largest absolute Gasteiger partial charge is 0.497 e. The van der Waals surface area contributed by atoms with Gasteiger partial charge in [-0.05, 0) is 37.1 Å². The van der Waals surface area contributed by atoms with Crippen LogP contribution in [0.4, 0.5) is 15.6 Å². The molecule has 1 aromatic carbocycles. The van der Waals surface area contributed by atoms with E-state index < -0.39 is 0 Å². The number of thiazole rings is 1. The van der Waals surface area contributed by atoms with Crippen LogP contribution >= 0.6 is 11.3 Å². The van der Waals surface area contributed by atoms with Gasteiger partial charge in [0.15, 0.2) is 5.13 Å². The molecule has 0 unspecified atom stereocenters. The number of hydrogen-bond acceptors (Lipinski definition) is 5. The average molecular weight is 374 g/mol. The van der Waals surface area contributed by atoms with Crippen LogP contribution in [0.15, 0.2) is 29.6 Å². The van der Waals surface area contributed by atoms with E-state index in [-0.39, 0.29) is 24.4 Å². The van der Waals surface area contributed by atoms with Crippen LogP contribution in [-0.2, 0) is 11.2 Å². The number of nitrogens with zero attached hydrogens (tertiary/aromatic N) is 1. The predicted molar refractivity (Wildman–Crippen MR) is 102 cm³/mol. The Morgan fingerprint density at radius 3 is 2.62 bits per heavy atom. The molecular formula is C18H22N4O3S. The van der Waals surface area contributed by atoms with E-state index in [0.29, 0.717) is 16.5 Å². The third kappa shape index (κ3) is 5.19. The first-order valence-corrected chi connectivity index (χ1v) is 9.46. The number of rotatable bonds is 6. The minimum absolute atomic E-state index is 0.147. The molecule has 7 nitrogen and oxygen atoms in total. The van der Waals surface area contributed by atoms with Crippen LogP contribution in [0.3, 0.4) is 0 Å². The van der Waals surface area contributed by atoms with E-state index in [2.05, 4.69) is 20.9 Å². The lowest BCUT2D eigenvalue weighted by molar-refractivity contribution is -0.115. The zero-order valence-electron chi connectivity index (χ0n) is 14.6. The first kappa shape index (κ1) is 18.2. The number of aromatic nitrogens is 1. The van der Waals surface area contributed by atoms with Crippen molar-refractivity contribution in [2.45, 2.75) is 38.1 Å². The Morgan fingerprint density at radius 2 is 1.92 bits per heavy atom. The Labute approximate surface area is 156 Å². The van der Waals surface area contributed by atoms with Gasteiger partial charge in [-0.3, -0.25) is 10.1 Å². The Hall–Kier alpha value is -2.61. The van der Waals surface area contributed by atoms with Gasteiger partial charge in [-0.1, -0.05) is 12.8 Å². The van der Waals surface area contributed by atoms with Crippen LogP contribution in [0.25, 0.3) is 0 Å². The number of ether oxygens (including phenoxy) is 1. The first-order valence-electron chi connectivity index (χ1n) is 8.58. The van der Waals surface area contributed by atoms with E-state index in [4.69, 9.17) is 4.74 Å². The van der Waals surface area contributed by atoms with E-state index in [0.717, 1.165) is 31.4 Å². The van der Waals surface area contributed by atoms with E-state index in [1.165, 1.54) is 11.3 Å². The van der Waals surface area contributed by atoms with Gasteiger partial charge in [0.1, 0.15) is 5.75 Å². The molecule has 0 atom stereocenters. The highest BCUT2D eigenvalue weighted by Crippen LogP contribution is 2.20. The molecule has 1 aromatic heterocycles. The summed E-state index contributed by atoms with van der Waals surface area (Å²) in [6.45, 7) is 0. The highest BCUT2D eigenvalue weighted by Gasteiger charge is 2.17. The fourth-order valence-corrected chi connectivity index (χ4v) is 3.58. The Bertz CT molecular complexity index is 754. The topological polar surface area (TPSA) is 92.4 Å². The van der Waals surface area contributed by atoms with Gasteiger partial charge in [-0.15, -0.1) is 11.3 Å². The third-order valence-electron chi connectivity index (χ3n) is 4.18. The highest BCUT2D eigenvalue weighted by atomic mass is 32.1. The molecule has 3 amide bonds. The summed E-state index contributed by atoms with van der Waals surface area (Å²) in [4.78, 5) is 28.4. The van der Waals surface area contributed by atoms with Crippen LogP contribution < -0.4 is 20.7 Å². The lowest BCUT2D eigenvalue weighted by atomic mass is 10.2. The second kappa shape index (κ2) is 8.66. The van der Waals surface area contributed by atoms with Gasteiger partial charge < -0.3 is 15.4 Å². The molecule has 2 aromatic rings. The molecule has 0 bridgehead atoms. The van der Waals surface area contributed by atoms with Gasteiger partial charge in [0.25, 0.3) is 0 Å². The fraction of sp³-hybridized carbons (Fsp3) is 0.389. The smallest absolute Gasteiger partial charge is 0.321 e. The minimum atomic E-state index is -0.236. The summed E-state index contributed by atoms with van der Waals surface area (Å²) in [7, 11) is 1.59. The van der Waals surface area contributed by atoms with Crippen LogP contribution in [0.1, 0.15) is 31.4 Å². The van der Waals surface area contributed by atoms with E-state index in [1.807, 2.05) is 0 Å². The molecule has 0 radical (unpaired) electrons. The van der Waals surface area contributed by atoms with Gasteiger partial charge in [0, 0.05) is 17.1 Å². The maximum atomic E-state index is 12.1. The van der Waals surface area contributed by atoms with Crippen molar-refractivity contribution in [1.82, 2.24) is 10.3 Å². The van der Waals surface area contributed by atoms with E-state index >= 15 is 0 Å². The van der Waals surface area contributed by atoms with Crippen molar-refractivity contribution in [3.8, 4) is 5.75 Å². The summed E-state index contributed by atoms with van der Waals surface area (Å²) < 4.78 is 5.08. The molecule has 3 rings (SSSR count). The molecule has 8 heteroatoms. The predicted octanol–water partition coefficient (Wildman–Crippen LogP) is 3.40. The van der Waals surface area contributed by atoms with Crippen LogP contribution in [-0.4, -0.2) is 30.1 Å². The molecule has 3 N–H and O–H groups in total. The molecule has 1 saturated carbocycles. The molecule has 0 saturated heterocycles. The number of benzene rings is 1. The Balaban J connectivity index is 1.47. The molecule has 26 heavy (non-hydrogen) atoms. The summed E-state index contributed by atoms with van der Waals surface area (Å²) in [6, 6.07) is 7.13. The van der Waals surface area contributed by atoms with Gasteiger partial charge in [-0.25, -0.2) is 9.78 Å². The van der Waals surface area contributed by atoms with E-state index in [1.54, 1.807) is 36.8 Å². The van der Waals surface area contributed by atoms with Gasteiger partial charge in [0.05, 0.1) is 19.2 Å². The summed E-state index contributed by atoms with van der Waals surface area (Å²) in [6.07, 6.45) is 4.53. The summed E-state index contributed by atoms with van der Waals surface area (Å²) in [5.41, 5.74) is 1.32. The third-order valence-corrected chi connectivity index (χ3v) is 4.98. The number of hydrogen-bond donors (Lipinski definition) is 3. The number of methoxy groups -OCH3 is 1. The van der Waals surface area contributed by atoms with Gasteiger partial charge in [-0.2, -0.15) is 0 Å². The number of amides is 3. The molecule has 1 fully saturated rings. The quantitative estimate of drug-likeness (QED) is 0.722. The van der Waals surface area contributed by atoms with Crippen molar-refractivity contribution in [3.63, 3.8) is 0 Å². The lowest BCUT2D eigenvalue weighted by Gasteiger charge is -2.11. The first-order chi connectivity index (χ1) is 12.6. The monoisotopic (exact) mass is 374 g/mol. The maximum absolute atomic E-state index is 12.1. The number of anilines is 2. The van der Waals surface area contributed by atoms with Crippen molar-refractivity contribution in [2.75, 3.05) is 17.7 Å². The fourth-order valence-electron chi connectivity index (χ4n) is 2.88. The van der Waals surface area contributed by atoms with Gasteiger partial charge in [0.2, 0.25) is 5.91 Å².